The number of carbonyl (C=O) groups excluding carboxylic acids is 1. The van der Waals surface area contributed by atoms with E-state index in [0.29, 0.717) is 5.56 Å². The van der Waals surface area contributed by atoms with Gasteiger partial charge < -0.3 is 9.73 Å². The summed E-state index contributed by atoms with van der Waals surface area (Å²) in [7, 11) is 0. The van der Waals surface area contributed by atoms with Gasteiger partial charge in [-0.1, -0.05) is 17.2 Å². The molecule has 1 N–H and O–H groups in total. The van der Waals surface area contributed by atoms with Crippen molar-refractivity contribution in [1.82, 2.24) is 5.32 Å². The summed E-state index contributed by atoms with van der Waals surface area (Å²) in [5, 5.41) is 2.92. The molecule has 2 rings (SSSR count). The van der Waals surface area contributed by atoms with Gasteiger partial charge in [0.15, 0.2) is 0 Å². The van der Waals surface area contributed by atoms with Crippen molar-refractivity contribution in [3.63, 3.8) is 0 Å². The van der Waals surface area contributed by atoms with E-state index in [-0.39, 0.29) is 11.9 Å². The Morgan fingerprint density at radius 3 is 2.44 bits per heavy atom. The van der Waals surface area contributed by atoms with Gasteiger partial charge in [0.25, 0.3) is 5.91 Å². The molecule has 94 valence electrons. The van der Waals surface area contributed by atoms with Gasteiger partial charge in [0.1, 0.15) is 5.76 Å². The van der Waals surface area contributed by atoms with Crippen molar-refractivity contribution >= 4 is 5.91 Å². The van der Waals surface area contributed by atoms with Crippen LogP contribution in [-0.2, 0) is 0 Å². The van der Waals surface area contributed by atoms with Crippen LogP contribution in [0, 0.1) is 13.8 Å². The van der Waals surface area contributed by atoms with E-state index in [1.54, 1.807) is 6.26 Å². The molecule has 0 spiro atoms. The fourth-order valence-electron chi connectivity index (χ4n) is 1.99. The third kappa shape index (κ3) is 2.80. The number of hydrogen-bond acceptors (Lipinski definition) is 2. The first kappa shape index (κ1) is 12.4. The predicted octanol–water partition coefficient (Wildman–Crippen LogP) is 3.39. The zero-order valence-corrected chi connectivity index (χ0v) is 10.9. The monoisotopic (exact) mass is 243 g/mol. The highest BCUT2D eigenvalue weighted by molar-refractivity contribution is 5.94. The summed E-state index contributed by atoms with van der Waals surface area (Å²) in [5.41, 5.74) is 2.86. The van der Waals surface area contributed by atoms with E-state index in [4.69, 9.17) is 4.42 Å². The number of amides is 1. The Bertz CT molecular complexity index is 523. The molecule has 3 nitrogen and oxygen atoms in total. The van der Waals surface area contributed by atoms with Crippen LogP contribution in [0.1, 0.15) is 40.2 Å². The van der Waals surface area contributed by atoms with Crippen LogP contribution in [0.5, 0.6) is 0 Å². The van der Waals surface area contributed by atoms with E-state index in [1.807, 2.05) is 51.1 Å². The third-order valence-corrected chi connectivity index (χ3v) is 2.80. The fourth-order valence-corrected chi connectivity index (χ4v) is 1.99. The Balaban J connectivity index is 2.12. The molecule has 3 heteroatoms. The van der Waals surface area contributed by atoms with Crippen molar-refractivity contribution in [1.29, 1.82) is 0 Å². The topological polar surface area (TPSA) is 42.2 Å². The minimum atomic E-state index is -0.131. The largest absolute Gasteiger partial charge is 0.467 e. The highest BCUT2D eigenvalue weighted by Gasteiger charge is 2.13. The van der Waals surface area contributed by atoms with E-state index in [1.165, 1.54) is 0 Å². The second kappa shape index (κ2) is 5.08. The van der Waals surface area contributed by atoms with E-state index in [0.717, 1.165) is 16.9 Å². The van der Waals surface area contributed by atoms with Crippen LogP contribution < -0.4 is 5.32 Å². The first-order chi connectivity index (χ1) is 8.56. The Labute approximate surface area is 107 Å². The Morgan fingerprint density at radius 1 is 1.22 bits per heavy atom. The van der Waals surface area contributed by atoms with Crippen molar-refractivity contribution in [3.05, 3.63) is 59.0 Å². The smallest absolute Gasteiger partial charge is 0.251 e. The zero-order chi connectivity index (χ0) is 13.1. The highest BCUT2D eigenvalue weighted by Crippen LogP contribution is 2.14. The van der Waals surface area contributed by atoms with Gasteiger partial charge in [0.2, 0.25) is 0 Å². The number of hydrogen-bond donors (Lipinski definition) is 1. The lowest BCUT2D eigenvalue weighted by Crippen LogP contribution is -2.26. The number of nitrogens with one attached hydrogen (secondary N) is 1. The van der Waals surface area contributed by atoms with E-state index < -0.39 is 0 Å². The minimum absolute atomic E-state index is 0.0781. The molecule has 0 aliphatic heterocycles. The van der Waals surface area contributed by atoms with Crippen LogP contribution in [0.25, 0.3) is 0 Å². The van der Waals surface area contributed by atoms with Crippen molar-refractivity contribution < 1.29 is 9.21 Å². The quantitative estimate of drug-likeness (QED) is 0.897. The SMILES string of the molecule is Cc1cc(C)cc(C(=O)NC(C)c2ccco2)c1. The highest BCUT2D eigenvalue weighted by atomic mass is 16.3. The molecule has 1 atom stereocenters. The predicted molar refractivity (Wildman–Crippen MR) is 70.5 cm³/mol. The van der Waals surface area contributed by atoms with Gasteiger partial charge in [0, 0.05) is 5.56 Å². The molecule has 0 aliphatic carbocycles. The van der Waals surface area contributed by atoms with E-state index in [9.17, 15) is 4.79 Å². The second-order valence-corrected chi connectivity index (χ2v) is 4.59. The first-order valence-electron chi connectivity index (χ1n) is 5.99. The third-order valence-electron chi connectivity index (χ3n) is 2.80. The number of furan rings is 1. The maximum Gasteiger partial charge on any atom is 0.251 e. The average molecular weight is 243 g/mol. The van der Waals surface area contributed by atoms with Crippen LogP contribution in [-0.4, -0.2) is 5.91 Å². The molecule has 0 saturated carbocycles. The molecule has 0 radical (unpaired) electrons. The Morgan fingerprint density at radius 2 is 1.89 bits per heavy atom. The second-order valence-electron chi connectivity index (χ2n) is 4.59. The Hall–Kier alpha value is -2.03. The minimum Gasteiger partial charge on any atom is -0.467 e. The molecule has 1 heterocycles. The van der Waals surface area contributed by atoms with Gasteiger partial charge in [-0.15, -0.1) is 0 Å². The van der Waals surface area contributed by atoms with E-state index in [2.05, 4.69) is 5.32 Å². The van der Waals surface area contributed by atoms with Crippen molar-refractivity contribution in [2.24, 2.45) is 0 Å². The molecule has 0 aliphatic rings. The molecule has 1 aromatic carbocycles. The summed E-state index contributed by atoms with van der Waals surface area (Å²) < 4.78 is 5.26. The summed E-state index contributed by atoms with van der Waals surface area (Å²) in [6.07, 6.45) is 1.61. The van der Waals surface area contributed by atoms with Gasteiger partial charge >= 0.3 is 0 Å². The molecule has 18 heavy (non-hydrogen) atoms. The number of carbonyl (C=O) groups is 1. The molecule has 2 aromatic rings. The fraction of sp³-hybridized carbons (Fsp3) is 0.267. The molecular weight excluding hydrogens is 226 g/mol. The van der Waals surface area contributed by atoms with Crippen molar-refractivity contribution in [3.8, 4) is 0 Å². The molecular formula is C15H17NO2. The van der Waals surface area contributed by atoms with Crippen molar-refractivity contribution in [2.75, 3.05) is 0 Å². The molecule has 0 saturated heterocycles. The normalized spacial score (nSPS) is 12.2. The summed E-state index contributed by atoms with van der Waals surface area (Å²) in [4.78, 5) is 12.1. The first-order valence-corrected chi connectivity index (χ1v) is 5.99. The molecule has 0 bridgehead atoms. The van der Waals surface area contributed by atoms with Crippen LogP contribution in [0.3, 0.4) is 0 Å². The van der Waals surface area contributed by atoms with Crippen molar-refractivity contribution in [2.45, 2.75) is 26.8 Å². The summed E-state index contributed by atoms with van der Waals surface area (Å²) >= 11 is 0. The van der Waals surface area contributed by atoms with Gasteiger partial charge in [0.05, 0.1) is 12.3 Å². The molecule has 1 amide bonds. The van der Waals surface area contributed by atoms with Crippen LogP contribution in [0.15, 0.2) is 41.0 Å². The Kier molecular flexibility index (Phi) is 3.51. The lowest BCUT2D eigenvalue weighted by molar-refractivity contribution is 0.0935. The molecule has 1 aromatic heterocycles. The van der Waals surface area contributed by atoms with Crippen LogP contribution in [0.2, 0.25) is 0 Å². The van der Waals surface area contributed by atoms with E-state index >= 15 is 0 Å². The molecule has 1 unspecified atom stereocenters. The number of aryl methyl sites for hydroxylation is 2. The van der Waals surface area contributed by atoms with Crippen LogP contribution in [0.4, 0.5) is 0 Å². The van der Waals surface area contributed by atoms with Gasteiger partial charge in [-0.2, -0.15) is 0 Å². The number of benzene rings is 1. The standard InChI is InChI=1S/C15H17NO2/c1-10-7-11(2)9-13(8-10)15(17)16-12(3)14-5-4-6-18-14/h4-9,12H,1-3H3,(H,16,17). The maximum absolute atomic E-state index is 12.1. The summed E-state index contributed by atoms with van der Waals surface area (Å²) in [6, 6.07) is 9.36. The summed E-state index contributed by atoms with van der Waals surface area (Å²) in [6.45, 7) is 5.87. The van der Waals surface area contributed by atoms with Gasteiger partial charge in [-0.3, -0.25) is 4.79 Å². The number of rotatable bonds is 3. The molecule has 0 fully saturated rings. The van der Waals surface area contributed by atoms with Crippen LogP contribution >= 0.6 is 0 Å². The average Bonchev–Trinajstić information content (AvgIpc) is 2.80. The van der Waals surface area contributed by atoms with Gasteiger partial charge in [-0.25, -0.2) is 0 Å². The van der Waals surface area contributed by atoms with Gasteiger partial charge in [-0.05, 0) is 45.0 Å². The lowest BCUT2D eigenvalue weighted by Gasteiger charge is -2.12. The maximum atomic E-state index is 12.1. The zero-order valence-electron chi connectivity index (χ0n) is 10.9. The summed E-state index contributed by atoms with van der Waals surface area (Å²) in [5.74, 6) is 0.679. The lowest BCUT2D eigenvalue weighted by atomic mass is 10.1.